The van der Waals surface area contributed by atoms with Crippen LogP contribution in [0, 0.1) is 6.92 Å². The van der Waals surface area contributed by atoms with Gasteiger partial charge in [-0.2, -0.15) is 0 Å². The lowest BCUT2D eigenvalue weighted by molar-refractivity contribution is 0.187. The molecule has 1 aromatic carbocycles. The lowest BCUT2D eigenvalue weighted by Crippen LogP contribution is -2.51. The van der Waals surface area contributed by atoms with E-state index in [2.05, 4.69) is 15.0 Å². The Balaban J connectivity index is 1.73. The largest absolute Gasteiger partial charge is 0.439 e. The van der Waals surface area contributed by atoms with E-state index in [9.17, 15) is 17.6 Å². The number of nitrogens with zero attached hydrogens (tertiary/aromatic N) is 2. The van der Waals surface area contributed by atoms with Crippen LogP contribution in [0.5, 0.6) is 11.6 Å². The van der Waals surface area contributed by atoms with Gasteiger partial charge in [-0.3, -0.25) is 0 Å². The third-order valence-corrected chi connectivity index (χ3v) is 7.01. The van der Waals surface area contributed by atoms with Crippen molar-refractivity contribution in [2.24, 2.45) is 0 Å². The van der Waals surface area contributed by atoms with E-state index in [1.54, 1.807) is 24.3 Å². The maximum atomic E-state index is 14.9. The molecule has 0 saturated carbocycles. The maximum Gasteiger partial charge on any atom is 0.318 e. The van der Waals surface area contributed by atoms with Gasteiger partial charge in [-0.1, -0.05) is 18.2 Å². The Morgan fingerprint density at radius 2 is 2.13 bits per heavy atom. The number of benzene rings is 1. The number of amides is 2. The molecule has 2 amide bonds. The number of carbonyl (C=O) groups is 1. The van der Waals surface area contributed by atoms with Crippen molar-refractivity contribution in [2.45, 2.75) is 45.1 Å². The smallest absolute Gasteiger partial charge is 0.318 e. The van der Waals surface area contributed by atoms with Gasteiger partial charge in [-0.15, -0.1) is 0 Å². The average Bonchev–Trinajstić information content (AvgIpc) is 3.03. The molecule has 31 heavy (non-hydrogen) atoms. The first-order chi connectivity index (χ1) is 14.8. The van der Waals surface area contributed by atoms with Crippen LogP contribution in [-0.2, 0) is 23.0 Å². The monoisotopic (exact) mass is 448 g/mol. The number of alkyl halides is 1. The highest BCUT2D eigenvalue weighted by atomic mass is 32.2. The van der Waals surface area contributed by atoms with Crippen molar-refractivity contribution in [3.8, 4) is 11.6 Å². The molecule has 2 aromatic rings. The Labute approximate surface area is 180 Å². The summed E-state index contributed by atoms with van der Waals surface area (Å²) in [7, 11) is -3.66. The first-order valence-electron chi connectivity index (χ1n) is 10.2. The van der Waals surface area contributed by atoms with Crippen molar-refractivity contribution in [3.63, 3.8) is 0 Å². The number of fused-ring (bicyclic) bond motifs is 5. The summed E-state index contributed by atoms with van der Waals surface area (Å²) in [6, 6.07) is 8.70. The zero-order valence-corrected chi connectivity index (χ0v) is 18.2. The summed E-state index contributed by atoms with van der Waals surface area (Å²) in [6.07, 6.45) is -1.25. The fourth-order valence-corrected chi connectivity index (χ4v) is 4.78. The van der Waals surface area contributed by atoms with Crippen molar-refractivity contribution < 1.29 is 22.3 Å². The number of nitrogens with one attached hydrogen (secondary N) is 2. The summed E-state index contributed by atoms with van der Waals surface area (Å²) >= 11 is 0. The highest BCUT2D eigenvalue weighted by Gasteiger charge is 2.46. The fourth-order valence-electron chi connectivity index (χ4n) is 3.89. The molecule has 3 atom stereocenters. The van der Waals surface area contributed by atoms with Gasteiger partial charge < -0.3 is 15.0 Å². The minimum absolute atomic E-state index is 0.137. The predicted octanol–water partition coefficient (Wildman–Crippen LogP) is 2.28. The Hall–Kier alpha value is -2.72. The number of ether oxygens (including phenoxy) is 1. The molecule has 0 unspecified atom stereocenters. The molecule has 0 aliphatic carbocycles. The lowest BCUT2D eigenvalue weighted by Gasteiger charge is -2.28. The molecule has 8 nitrogen and oxygen atoms in total. The topological polar surface area (TPSA) is 101 Å². The van der Waals surface area contributed by atoms with Crippen LogP contribution in [0.15, 0.2) is 36.4 Å². The Morgan fingerprint density at radius 3 is 2.90 bits per heavy atom. The molecule has 0 radical (unpaired) electrons. The van der Waals surface area contributed by atoms with Gasteiger partial charge in [0.2, 0.25) is 15.9 Å². The summed E-state index contributed by atoms with van der Waals surface area (Å²) in [5.74, 6) is 0.843. The third-order valence-electron chi connectivity index (χ3n) is 5.62. The van der Waals surface area contributed by atoms with Gasteiger partial charge in [0.05, 0.1) is 36.6 Å². The summed E-state index contributed by atoms with van der Waals surface area (Å²) in [5.41, 5.74) is 2.24. The molecule has 1 saturated heterocycles. The van der Waals surface area contributed by atoms with Crippen LogP contribution >= 0.6 is 0 Å². The van der Waals surface area contributed by atoms with Gasteiger partial charge in [-0.05, 0) is 44.0 Å². The van der Waals surface area contributed by atoms with Gasteiger partial charge in [-0.25, -0.2) is 27.3 Å². The third kappa shape index (κ3) is 4.64. The van der Waals surface area contributed by atoms with Crippen LogP contribution in [0.25, 0.3) is 0 Å². The van der Waals surface area contributed by atoms with E-state index in [1.807, 2.05) is 19.1 Å². The van der Waals surface area contributed by atoms with Crippen LogP contribution < -0.4 is 14.8 Å². The van der Waals surface area contributed by atoms with Crippen LogP contribution in [-0.4, -0.2) is 54.9 Å². The van der Waals surface area contributed by atoms with Crippen LogP contribution in [0.4, 0.5) is 9.18 Å². The molecule has 4 bridgehead atoms. The average molecular weight is 449 g/mol. The molecule has 1 fully saturated rings. The second kappa shape index (κ2) is 8.43. The van der Waals surface area contributed by atoms with Crippen molar-refractivity contribution in [2.75, 3.05) is 12.3 Å². The molecule has 2 N–H and O–H groups in total. The first kappa shape index (κ1) is 21.5. The van der Waals surface area contributed by atoms with E-state index in [1.165, 1.54) is 11.8 Å². The van der Waals surface area contributed by atoms with E-state index in [0.717, 1.165) is 11.1 Å². The number of rotatable bonds is 3. The number of pyridine rings is 1. The summed E-state index contributed by atoms with van der Waals surface area (Å²) in [6.45, 7) is 3.31. The number of hydrogen-bond acceptors (Lipinski definition) is 5. The van der Waals surface area contributed by atoms with E-state index < -0.39 is 34.3 Å². The van der Waals surface area contributed by atoms with Crippen molar-refractivity contribution in [3.05, 3.63) is 53.2 Å². The molecule has 1 aromatic heterocycles. The molecular weight excluding hydrogens is 423 g/mol. The summed E-state index contributed by atoms with van der Waals surface area (Å²) in [5, 5.41) is 2.77. The number of halogens is 1. The minimum atomic E-state index is -3.66. The van der Waals surface area contributed by atoms with E-state index in [-0.39, 0.29) is 25.3 Å². The van der Waals surface area contributed by atoms with Crippen molar-refractivity contribution in [1.82, 2.24) is 19.9 Å². The lowest BCUT2D eigenvalue weighted by atomic mass is 10.00. The molecular formula is C21H25FN4O4S. The Bertz CT molecular complexity index is 1090. The number of aryl methyl sites for hydroxylation is 1. The SMILES string of the molecule is CCS(=O)(=O)N[C@H]1[C@@H](F)CN2C(=O)NCc3ccc(C)c(n3)Oc3cccc(c3)C[C@@H]12. The molecule has 2 aliphatic rings. The molecule has 3 heterocycles. The fraction of sp³-hybridized carbons (Fsp3) is 0.429. The van der Waals surface area contributed by atoms with E-state index in [0.29, 0.717) is 17.3 Å². The number of urea groups is 1. The van der Waals surface area contributed by atoms with E-state index >= 15 is 0 Å². The highest BCUT2D eigenvalue weighted by molar-refractivity contribution is 7.89. The highest BCUT2D eigenvalue weighted by Crippen LogP contribution is 2.29. The second-order valence-electron chi connectivity index (χ2n) is 7.82. The zero-order chi connectivity index (χ0) is 22.2. The number of aromatic nitrogens is 1. The Kier molecular flexibility index (Phi) is 5.85. The molecule has 166 valence electrons. The van der Waals surface area contributed by atoms with Crippen molar-refractivity contribution in [1.29, 1.82) is 0 Å². The molecule has 4 rings (SSSR count). The first-order valence-corrected chi connectivity index (χ1v) is 11.8. The van der Waals surface area contributed by atoms with Crippen LogP contribution in [0.3, 0.4) is 0 Å². The normalized spacial score (nSPS) is 23.6. The van der Waals surface area contributed by atoms with Gasteiger partial charge in [0.25, 0.3) is 0 Å². The number of sulfonamides is 1. The minimum Gasteiger partial charge on any atom is -0.439 e. The van der Waals surface area contributed by atoms with Crippen LogP contribution in [0.1, 0.15) is 23.7 Å². The van der Waals surface area contributed by atoms with Gasteiger partial charge in [0.1, 0.15) is 11.9 Å². The van der Waals surface area contributed by atoms with Gasteiger partial charge >= 0.3 is 6.03 Å². The zero-order valence-electron chi connectivity index (χ0n) is 17.3. The quantitative estimate of drug-likeness (QED) is 0.750. The number of hydrogen-bond donors (Lipinski definition) is 2. The number of carbonyl (C=O) groups excluding carboxylic acids is 1. The summed E-state index contributed by atoms with van der Waals surface area (Å²) in [4.78, 5) is 18.8. The Morgan fingerprint density at radius 1 is 1.32 bits per heavy atom. The van der Waals surface area contributed by atoms with Crippen LogP contribution in [0.2, 0.25) is 0 Å². The molecule has 10 heteroatoms. The predicted molar refractivity (Wildman–Crippen MR) is 113 cm³/mol. The molecule has 0 spiro atoms. The summed E-state index contributed by atoms with van der Waals surface area (Å²) < 4.78 is 47.7. The van der Waals surface area contributed by atoms with E-state index in [4.69, 9.17) is 4.74 Å². The van der Waals surface area contributed by atoms with Gasteiger partial charge in [0, 0.05) is 5.56 Å². The van der Waals surface area contributed by atoms with Gasteiger partial charge in [0.15, 0.2) is 0 Å². The van der Waals surface area contributed by atoms with Crippen molar-refractivity contribution >= 4 is 16.1 Å². The molecule has 2 aliphatic heterocycles. The standard InChI is InChI=1S/C21H25FN4O4S/c1-3-31(28,29)25-19-17(22)12-26-18(19)10-14-5-4-6-16(9-14)30-20-13(2)7-8-15(24-20)11-23-21(26)27/h4-9,17-19,25H,3,10-12H2,1-2H3,(H,23,27)/t17-,18-,19-/m0/s1. The maximum absolute atomic E-state index is 14.9. The second-order valence-corrected chi connectivity index (χ2v) is 9.86.